The number of para-hydroxylation sites is 2. The summed E-state index contributed by atoms with van der Waals surface area (Å²) in [7, 11) is 0. The number of nitrogens with zero attached hydrogens (tertiary/aromatic N) is 3. The van der Waals surface area contributed by atoms with Crippen LogP contribution in [0.15, 0.2) is 35.7 Å². The molecule has 0 aromatic heterocycles. The molecular formula is C19H26N4O3. The van der Waals surface area contributed by atoms with Gasteiger partial charge >= 0.3 is 5.97 Å². The van der Waals surface area contributed by atoms with Crippen molar-refractivity contribution in [2.75, 3.05) is 55.8 Å². The van der Waals surface area contributed by atoms with Gasteiger partial charge in [0.2, 0.25) is 0 Å². The Hall–Kier alpha value is -2.25. The number of esters is 1. The molecule has 1 aromatic rings. The van der Waals surface area contributed by atoms with Crippen molar-refractivity contribution in [3.63, 3.8) is 0 Å². The van der Waals surface area contributed by atoms with Gasteiger partial charge in [0.15, 0.2) is 6.29 Å². The molecule has 0 amide bonds. The van der Waals surface area contributed by atoms with Gasteiger partial charge in [-0.25, -0.2) is 4.79 Å². The van der Waals surface area contributed by atoms with Crippen LogP contribution in [0.2, 0.25) is 0 Å². The molecule has 1 aromatic carbocycles. The van der Waals surface area contributed by atoms with E-state index < -0.39 is 0 Å². The molecule has 0 aliphatic carbocycles. The van der Waals surface area contributed by atoms with Crippen molar-refractivity contribution in [2.24, 2.45) is 0 Å². The van der Waals surface area contributed by atoms with E-state index in [1.807, 2.05) is 26.0 Å². The second-order valence-corrected chi connectivity index (χ2v) is 6.72. The lowest BCUT2D eigenvalue weighted by molar-refractivity contribution is -0.138. The van der Waals surface area contributed by atoms with Crippen molar-refractivity contribution in [3.05, 3.63) is 35.7 Å². The lowest BCUT2D eigenvalue weighted by Gasteiger charge is -2.32. The minimum absolute atomic E-state index is 0.0761. The fraction of sp³-hybridized carbons (Fsp3) is 0.526. The Kier molecular flexibility index (Phi) is 4.74. The topological polar surface area (TPSA) is 57.3 Å². The zero-order chi connectivity index (χ0) is 18.1. The number of hydrogen-bond donors (Lipinski definition) is 1. The molecule has 140 valence electrons. The Morgan fingerprint density at radius 1 is 1.23 bits per heavy atom. The molecule has 7 heteroatoms. The molecule has 1 fully saturated rings. The molecule has 0 radical (unpaired) electrons. The number of fused-ring (bicyclic) bond motifs is 3. The number of carbonyl (C=O) groups is 1. The first kappa shape index (κ1) is 17.2. The number of ether oxygens (including phenoxy) is 2. The van der Waals surface area contributed by atoms with Crippen molar-refractivity contribution >= 4 is 17.3 Å². The molecular weight excluding hydrogens is 332 g/mol. The van der Waals surface area contributed by atoms with Gasteiger partial charge in [-0.3, -0.25) is 9.80 Å². The predicted octanol–water partition coefficient (Wildman–Crippen LogP) is 1.33. The second kappa shape index (κ2) is 7.17. The van der Waals surface area contributed by atoms with Crippen LogP contribution in [0, 0.1) is 0 Å². The van der Waals surface area contributed by atoms with E-state index in [1.54, 1.807) is 0 Å². The normalized spacial score (nSPS) is 22.3. The van der Waals surface area contributed by atoms with Crippen LogP contribution < -0.4 is 15.1 Å². The first-order chi connectivity index (χ1) is 12.7. The Bertz CT molecular complexity index is 714. The van der Waals surface area contributed by atoms with Gasteiger partial charge in [-0.1, -0.05) is 12.1 Å². The Labute approximate surface area is 154 Å². The monoisotopic (exact) mass is 358 g/mol. The Morgan fingerprint density at radius 2 is 1.96 bits per heavy atom. The van der Waals surface area contributed by atoms with Crippen LogP contribution in [0.1, 0.15) is 13.8 Å². The summed E-state index contributed by atoms with van der Waals surface area (Å²) in [5.74, 6) is -0.273. The summed E-state index contributed by atoms with van der Waals surface area (Å²) in [5, 5.41) is 3.48. The van der Waals surface area contributed by atoms with Crippen LogP contribution in [-0.2, 0) is 14.3 Å². The first-order valence-electron chi connectivity index (χ1n) is 9.30. The number of morpholine rings is 1. The molecule has 3 aliphatic heterocycles. The second-order valence-electron chi connectivity index (χ2n) is 6.72. The Balaban J connectivity index is 1.57. The molecule has 4 rings (SSSR count). The van der Waals surface area contributed by atoms with Crippen LogP contribution in [0.3, 0.4) is 0 Å². The van der Waals surface area contributed by atoms with E-state index in [9.17, 15) is 4.79 Å². The molecule has 0 saturated carbocycles. The van der Waals surface area contributed by atoms with Crippen molar-refractivity contribution in [3.8, 4) is 0 Å². The van der Waals surface area contributed by atoms with E-state index in [-0.39, 0.29) is 12.3 Å². The number of rotatable bonds is 5. The largest absolute Gasteiger partial charge is 0.461 e. The average Bonchev–Trinajstić information content (AvgIpc) is 3.14. The number of anilines is 2. The number of carbonyl (C=O) groups excluding carboxylic acids is 1. The van der Waals surface area contributed by atoms with Gasteiger partial charge in [0.25, 0.3) is 0 Å². The van der Waals surface area contributed by atoms with Crippen LogP contribution in [0.4, 0.5) is 11.4 Å². The minimum Gasteiger partial charge on any atom is -0.461 e. The molecule has 0 spiro atoms. The molecule has 3 aliphatic rings. The molecule has 7 nitrogen and oxygen atoms in total. The van der Waals surface area contributed by atoms with Gasteiger partial charge in [-0.2, -0.15) is 0 Å². The highest BCUT2D eigenvalue weighted by molar-refractivity contribution is 5.98. The maximum Gasteiger partial charge on any atom is 0.356 e. The summed E-state index contributed by atoms with van der Waals surface area (Å²) in [6.45, 7) is 9.55. The smallest absolute Gasteiger partial charge is 0.356 e. The summed E-state index contributed by atoms with van der Waals surface area (Å²) >= 11 is 0. The van der Waals surface area contributed by atoms with E-state index in [2.05, 4.69) is 32.1 Å². The minimum atomic E-state index is -0.273. The summed E-state index contributed by atoms with van der Waals surface area (Å²) < 4.78 is 10.7. The highest BCUT2D eigenvalue weighted by Gasteiger charge is 2.45. The van der Waals surface area contributed by atoms with Crippen LogP contribution in [0.5, 0.6) is 0 Å². The summed E-state index contributed by atoms with van der Waals surface area (Å²) in [5.41, 5.74) is 3.66. The van der Waals surface area contributed by atoms with E-state index in [0.29, 0.717) is 12.3 Å². The average molecular weight is 358 g/mol. The molecule has 0 bridgehead atoms. The molecule has 1 saturated heterocycles. The van der Waals surface area contributed by atoms with E-state index >= 15 is 0 Å². The highest BCUT2D eigenvalue weighted by atomic mass is 16.5. The van der Waals surface area contributed by atoms with E-state index in [1.165, 1.54) is 0 Å². The molecule has 26 heavy (non-hydrogen) atoms. The first-order valence-corrected chi connectivity index (χ1v) is 9.30. The lowest BCUT2D eigenvalue weighted by atomic mass is 10.2. The van der Waals surface area contributed by atoms with E-state index in [4.69, 9.17) is 9.47 Å². The summed E-state index contributed by atoms with van der Waals surface area (Å²) in [6, 6.07) is 8.24. The van der Waals surface area contributed by atoms with Gasteiger partial charge in [0.1, 0.15) is 5.70 Å². The van der Waals surface area contributed by atoms with Gasteiger partial charge in [0.05, 0.1) is 31.2 Å². The maximum atomic E-state index is 12.5. The van der Waals surface area contributed by atoms with Crippen molar-refractivity contribution in [2.45, 2.75) is 20.1 Å². The molecule has 3 heterocycles. The Morgan fingerprint density at radius 3 is 2.69 bits per heavy atom. The molecule has 1 N–H and O–H groups in total. The van der Waals surface area contributed by atoms with Crippen LogP contribution in [-0.4, -0.2) is 63.2 Å². The third-order valence-corrected chi connectivity index (χ3v) is 5.16. The van der Waals surface area contributed by atoms with Gasteiger partial charge in [0, 0.05) is 31.9 Å². The quantitative estimate of drug-likeness (QED) is 0.797. The predicted molar refractivity (Wildman–Crippen MR) is 99.8 cm³/mol. The summed E-state index contributed by atoms with van der Waals surface area (Å²) in [6.07, 6.45) is -0.0761. The standard InChI is InChI=1S/C19H26N4O3/c1-3-26-18(24)17-14(2)20-19-22(9-8-21-10-12-25-13-11-21)15-6-4-5-7-16(15)23(17)19/h4-7,19-20H,3,8-13H2,1-2H3. The van der Waals surface area contributed by atoms with Gasteiger partial charge < -0.3 is 19.7 Å². The third-order valence-electron chi connectivity index (χ3n) is 5.16. The zero-order valence-electron chi connectivity index (χ0n) is 15.4. The van der Waals surface area contributed by atoms with Crippen molar-refractivity contribution in [1.82, 2.24) is 10.2 Å². The maximum absolute atomic E-state index is 12.5. The number of allylic oxidation sites excluding steroid dienone is 1. The number of hydrogen-bond acceptors (Lipinski definition) is 7. The molecule has 1 unspecified atom stereocenters. The SMILES string of the molecule is CCOC(=O)C1=C(C)NC2N(CCN3CCOCC3)c3ccccc3N12. The van der Waals surface area contributed by atoms with E-state index in [0.717, 1.165) is 56.5 Å². The van der Waals surface area contributed by atoms with Crippen LogP contribution >= 0.6 is 0 Å². The highest BCUT2D eigenvalue weighted by Crippen LogP contribution is 2.44. The van der Waals surface area contributed by atoms with Gasteiger partial charge in [-0.15, -0.1) is 0 Å². The third kappa shape index (κ3) is 2.91. The van der Waals surface area contributed by atoms with Crippen LogP contribution in [0.25, 0.3) is 0 Å². The summed E-state index contributed by atoms with van der Waals surface area (Å²) in [4.78, 5) is 19.3. The van der Waals surface area contributed by atoms with Crippen molar-refractivity contribution in [1.29, 1.82) is 0 Å². The fourth-order valence-electron chi connectivity index (χ4n) is 3.91. The van der Waals surface area contributed by atoms with Crippen molar-refractivity contribution < 1.29 is 14.3 Å². The fourth-order valence-corrected chi connectivity index (χ4v) is 3.91. The number of nitrogens with one attached hydrogen (secondary N) is 1. The van der Waals surface area contributed by atoms with Gasteiger partial charge in [-0.05, 0) is 26.0 Å². The zero-order valence-corrected chi connectivity index (χ0v) is 15.4. The number of benzene rings is 1. The molecule has 1 atom stereocenters. The lowest BCUT2D eigenvalue weighted by Crippen LogP contribution is -2.50.